The minimum Gasteiger partial charge on any atom is -0.369 e. The molecule has 21 heavy (non-hydrogen) atoms. The van der Waals surface area contributed by atoms with E-state index in [9.17, 15) is 9.59 Å². The molecule has 1 aliphatic rings. The zero-order valence-corrected chi connectivity index (χ0v) is 13.8. The lowest BCUT2D eigenvalue weighted by molar-refractivity contribution is -0.128. The number of ketones is 1. The summed E-state index contributed by atoms with van der Waals surface area (Å²) in [6.45, 7) is 6.96. The molecule has 0 aliphatic heterocycles. The van der Waals surface area contributed by atoms with Crippen LogP contribution in [0.3, 0.4) is 0 Å². The SMILES string of the molecule is CC1=CC(=O)C(C(CC(C)C)C(N)=O)C=C1CCN(C)C. The fourth-order valence-corrected chi connectivity index (χ4v) is 2.72. The Labute approximate surface area is 128 Å². The third kappa shape index (κ3) is 5.12. The van der Waals surface area contributed by atoms with E-state index in [2.05, 4.69) is 4.90 Å². The zero-order chi connectivity index (χ0) is 16.2. The van der Waals surface area contributed by atoms with E-state index < -0.39 is 11.8 Å². The maximum Gasteiger partial charge on any atom is 0.221 e. The lowest BCUT2D eigenvalue weighted by atomic mass is 9.77. The topological polar surface area (TPSA) is 63.4 Å². The quantitative estimate of drug-likeness (QED) is 0.782. The van der Waals surface area contributed by atoms with Crippen molar-refractivity contribution in [2.24, 2.45) is 23.5 Å². The Morgan fingerprint density at radius 1 is 1.38 bits per heavy atom. The van der Waals surface area contributed by atoms with Gasteiger partial charge in [0.15, 0.2) is 5.78 Å². The van der Waals surface area contributed by atoms with E-state index in [4.69, 9.17) is 5.73 Å². The largest absolute Gasteiger partial charge is 0.369 e. The number of nitrogens with two attached hydrogens (primary N) is 1. The number of nitrogens with zero attached hydrogens (tertiary/aromatic N) is 1. The maximum atomic E-state index is 12.3. The summed E-state index contributed by atoms with van der Waals surface area (Å²) in [7, 11) is 4.05. The van der Waals surface area contributed by atoms with Crippen molar-refractivity contribution >= 4 is 11.7 Å². The van der Waals surface area contributed by atoms with Gasteiger partial charge < -0.3 is 10.6 Å². The van der Waals surface area contributed by atoms with Crippen LogP contribution in [0.5, 0.6) is 0 Å². The molecule has 0 saturated heterocycles. The molecule has 0 bridgehead atoms. The Morgan fingerprint density at radius 3 is 2.48 bits per heavy atom. The molecule has 2 N–H and O–H groups in total. The molecule has 2 atom stereocenters. The molecule has 1 aliphatic carbocycles. The molecule has 0 spiro atoms. The first-order chi connectivity index (χ1) is 9.72. The summed E-state index contributed by atoms with van der Waals surface area (Å²) >= 11 is 0. The number of primary amides is 1. The van der Waals surface area contributed by atoms with Gasteiger partial charge >= 0.3 is 0 Å². The van der Waals surface area contributed by atoms with Crippen molar-refractivity contribution in [1.29, 1.82) is 0 Å². The van der Waals surface area contributed by atoms with Crippen molar-refractivity contribution in [2.75, 3.05) is 20.6 Å². The van der Waals surface area contributed by atoms with Gasteiger partial charge in [-0.3, -0.25) is 9.59 Å². The Bertz CT molecular complexity index is 461. The van der Waals surface area contributed by atoms with Crippen LogP contribution in [0.15, 0.2) is 23.3 Å². The highest BCUT2D eigenvalue weighted by Gasteiger charge is 2.32. The van der Waals surface area contributed by atoms with Crippen molar-refractivity contribution in [1.82, 2.24) is 4.90 Å². The molecule has 4 nitrogen and oxygen atoms in total. The molecular weight excluding hydrogens is 264 g/mol. The zero-order valence-electron chi connectivity index (χ0n) is 13.8. The second-order valence-electron chi connectivity index (χ2n) is 6.64. The third-order valence-corrected chi connectivity index (χ3v) is 3.93. The second kappa shape index (κ2) is 7.55. The number of carbonyl (C=O) groups is 2. The molecule has 0 radical (unpaired) electrons. The van der Waals surface area contributed by atoms with Crippen LogP contribution in [-0.2, 0) is 9.59 Å². The molecule has 1 amide bonds. The van der Waals surface area contributed by atoms with Crippen molar-refractivity contribution < 1.29 is 9.59 Å². The first-order valence-corrected chi connectivity index (χ1v) is 7.59. The Balaban J connectivity index is 2.98. The minimum atomic E-state index is -0.406. The van der Waals surface area contributed by atoms with Gasteiger partial charge in [-0.15, -0.1) is 0 Å². The summed E-state index contributed by atoms with van der Waals surface area (Å²) in [5.74, 6) is -0.841. The first-order valence-electron chi connectivity index (χ1n) is 7.59. The number of rotatable bonds is 7. The van der Waals surface area contributed by atoms with Gasteiger partial charge in [0.1, 0.15) is 0 Å². The van der Waals surface area contributed by atoms with Gasteiger partial charge in [0.25, 0.3) is 0 Å². The van der Waals surface area contributed by atoms with E-state index in [1.807, 2.05) is 40.9 Å². The van der Waals surface area contributed by atoms with Crippen LogP contribution in [0, 0.1) is 17.8 Å². The Hall–Kier alpha value is -1.42. The van der Waals surface area contributed by atoms with Gasteiger partial charge in [0.2, 0.25) is 5.91 Å². The molecule has 118 valence electrons. The van der Waals surface area contributed by atoms with E-state index in [1.165, 1.54) is 0 Å². The third-order valence-electron chi connectivity index (χ3n) is 3.93. The van der Waals surface area contributed by atoms with Crippen molar-refractivity contribution in [3.05, 3.63) is 23.3 Å². The highest BCUT2D eigenvalue weighted by atomic mass is 16.1. The molecule has 0 heterocycles. The molecule has 0 aromatic heterocycles. The maximum absolute atomic E-state index is 12.3. The highest BCUT2D eigenvalue weighted by molar-refractivity contribution is 5.99. The fraction of sp³-hybridized carbons (Fsp3) is 0.647. The van der Waals surface area contributed by atoms with Crippen molar-refractivity contribution in [3.8, 4) is 0 Å². The molecular formula is C17H28N2O2. The predicted molar refractivity (Wildman–Crippen MR) is 85.6 cm³/mol. The van der Waals surface area contributed by atoms with E-state index in [0.29, 0.717) is 12.3 Å². The molecule has 0 aromatic carbocycles. The summed E-state index contributed by atoms with van der Waals surface area (Å²) < 4.78 is 0. The Morgan fingerprint density at radius 2 is 2.00 bits per heavy atom. The minimum absolute atomic E-state index is 0.00514. The number of hydrogen-bond donors (Lipinski definition) is 1. The fourth-order valence-electron chi connectivity index (χ4n) is 2.72. The Kier molecular flexibility index (Phi) is 6.34. The van der Waals surface area contributed by atoms with Crippen LogP contribution >= 0.6 is 0 Å². The van der Waals surface area contributed by atoms with E-state index >= 15 is 0 Å². The average Bonchev–Trinajstić information content (AvgIpc) is 2.34. The average molecular weight is 292 g/mol. The monoisotopic (exact) mass is 292 g/mol. The van der Waals surface area contributed by atoms with Gasteiger partial charge in [-0.2, -0.15) is 0 Å². The lowest BCUT2D eigenvalue weighted by Gasteiger charge is -2.26. The van der Waals surface area contributed by atoms with Crippen LogP contribution in [0.25, 0.3) is 0 Å². The van der Waals surface area contributed by atoms with Crippen molar-refractivity contribution in [3.63, 3.8) is 0 Å². The summed E-state index contributed by atoms with van der Waals surface area (Å²) in [5, 5.41) is 0. The molecule has 0 fully saturated rings. The summed E-state index contributed by atoms with van der Waals surface area (Å²) in [5.41, 5.74) is 7.69. The predicted octanol–water partition coefficient (Wildman–Crippen LogP) is 2.16. The number of allylic oxidation sites excluding steroid dienone is 3. The first kappa shape index (κ1) is 17.6. The van der Waals surface area contributed by atoms with Gasteiger partial charge in [-0.25, -0.2) is 0 Å². The smallest absolute Gasteiger partial charge is 0.221 e. The van der Waals surface area contributed by atoms with Gasteiger partial charge in [0.05, 0.1) is 11.8 Å². The van der Waals surface area contributed by atoms with Crippen LogP contribution in [-0.4, -0.2) is 37.2 Å². The standard InChI is InChI=1S/C17H28N2O2/c1-11(2)8-15(17(18)21)14-10-13(6-7-19(4)5)12(3)9-16(14)20/h9-11,14-15H,6-8H2,1-5H3,(H2,18,21). The van der Waals surface area contributed by atoms with Crippen LogP contribution < -0.4 is 5.73 Å². The number of carbonyl (C=O) groups excluding carboxylic acids is 2. The van der Waals surface area contributed by atoms with Crippen molar-refractivity contribution in [2.45, 2.75) is 33.6 Å². The highest BCUT2D eigenvalue weighted by Crippen LogP contribution is 2.30. The molecule has 1 rings (SSSR count). The van der Waals surface area contributed by atoms with Crippen LogP contribution in [0.2, 0.25) is 0 Å². The van der Waals surface area contributed by atoms with Gasteiger partial charge in [-0.05, 0) is 57.0 Å². The second-order valence-corrected chi connectivity index (χ2v) is 6.64. The van der Waals surface area contributed by atoms with E-state index in [0.717, 1.165) is 24.1 Å². The van der Waals surface area contributed by atoms with Gasteiger partial charge in [0, 0.05) is 6.54 Å². The molecule has 0 aromatic rings. The van der Waals surface area contributed by atoms with Gasteiger partial charge in [-0.1, -0.05) is 19.9 Å². The van der Waals surface area contributed by atoms with Crippen LogP contribution in [0.4, 0.5) is 0 Å². The number of hydrogen-bond acceptors (Lipinski definition) is 3. The molecule has 0 saturated carbocycles. The summed E-state index contributed by atoms with van der Waals surface area (Å²) in [6, 6.07) is 0. The summed E-state index contributed by atoms with van der Waals surface area (Å²) in [4.78, 5) is 26.1. The molecule has 4 heteroatoms. The molecule has 2 unspecified atom stereocenters. The summed E-state index contributed by atoms with van der Waals surface area (Å²) in [6.07, 6.45) is 5.17. The van der Waals surface area contributed by atoms with E-state index in [1.54, 1.807) is 6.08 Å². The lowest BCUT2D eigenvalue weighted by Crippen LogP contribution is -2.35. The van der Waals surface area contributed by atoms with Crippen LogP contribution in [0.1, 0.15) is 33.6 Å². The van der Waals surface area contributed by atoms with E-state index in [-0.39, 0.29) is 11.7 Å². The normalized spacial score (nSPS) is 20.5. The number of amides is 1.